The smallest absolute Gasteiger partial charge is 0.251 e. The van der Waals surface area contributed by atoms with E-state index in [1.807, 2.05) is 25.2 Å². The van der Waals surface area contributed by atoms with Crippen molar-refractivity contribution in [3.63, 3.8) is 0 Å². The zero-order valence-corrected chi connectivity index (χ0v) is 17.1. The third-order valence-corrected chi connectivity index (χ3v) is 4.13. The van der Waals surface area contributed by atoms with Crippen molar-refractivity contribution in [3.05, 3.63) is 59.7 Å². The number of hydrogen-bond acceptors (Lipinski definition) is 4. The third-order valence-electron chi connectivity index (χ3n) is 4.13. The SMILES string of the molecule is CC(=O)Nc1cc(NC(C)=O)cc(C(=O)NCCCN(C)Cc2ccccc2)c1. The van der Waals surface area contributed by atoms with Gasteiger partial charge >= 0.3 is 0 Å². The van der Waals surface area contributed by atoms with Gasteiger partial charge in [0.25, 0.3) is 5.91 Å². The van der Waals surface area contributed by atoms with Crippen LogP contribution in [0.15, 0.2) is 48.5 Å². The fourth-order valence-corrected chi connectivity index (χ4v) is 2.94. The highest BCUT2D eigenvalue weighted by atomic mass is 16.2. The summed E-state index contributed by atoms with van der Waals surface area (Å²) in [6, 6.07) is 15.0. The van der Waals surface area contributed by atoms with Gasteiger partial charge in [-0.05, 0) is 43.8 Å². The van der Waals surface area contributed by atoms with Crippen molar-refractivity contribution < 1.29 is 14.4 Å². The van der Waals surface area contributed by atoms with E-state index in [0.717, 1.165) is 19.5 Å². The minimum absolute atomic E-state index is 0.252. The Hall–Kier alpha value is -3.19. The van der Waals surface area contributed by atoms with Gasteiger partial charge in [-0.1, -0.05) is 30.3 Å². The lowest BCUT2D eigenvalue weighted by Gasteiger charge is -2.17. The fourth-order valence-electron chi connectivity index (χ4n) is 2.94. The average Bonchev–Trinajstić information content (AvgIpc) is 2.64. The second-order valence-corrected chi connectivity index (χ2v) is 6.99. The highest BCUT2D eigenvalue weighted by Crippen LogP contribution is 2.19. The Kier molecular flexibility index (Phi) is 8.36. The van der Waals surface area contributed by atoms with E-state index in [4.69, 9.17) is 0 Å². The second-order valence-electron chi connectivity index (χ2n) is 6.99. The summed E-state index contributed by atoms with van der Waals surface area (Å²) in [7, 11) is 2.05. The molecule has 7 heteroatoms. The lowest BCUT2D eigenvalue weighted by Crippen LogP contribution is -2.28. The maximum Gasteiger partial charge on any atom is 0.251 e. The molecule has 3 N–H and O–H groups in total. The Morgan fingerprint density at radius 2 is 1.48 bits per heavy atom. The monoisotopic (exact) mass is 396 g/mol. The molecule has 2 rings (SSSR count). The van der Waals surface area contributed by atoms with Gasteiger partial charge in [0.05, 0.1) is 0 Å². The van der Waals surface area contributed by atoms with Gasteiger partial charge in [0, 0.05) is 43.9 Å². The molecule has 0 saturated carbocycles. The van der Waals surface area contributed by atoms with Crippen molar-refractivity contribution in [2.75, 3.05) is 30.8 Å². The van der Waals surface area contributed by atoms with Crippen molar-refractivity contribution in [3.8, 4) is 0 Å². The van der Waals surface area contributed by atoms with Gasteiger partial charge < -0.3 is 20.9 Å². The number of anilines is 2. The Bertz CT molecular complexity index is 818. The van der Waals surface area contributed by atoms with Gasteiger partial charge in [-0.25, -0.2) is 0 Å². The number of hydrogen-bond donors (Lipinski definition) is 3. The largest absolute Gasteiger partial charge is 0.352 e. The van der Waals surface area contributed by atoms with Gasteiger partial charge in [0.1, 0.15) is 0 Å². The van der Waals surface area contributed by atoms with Crippen molar-refractivity contribution in [1.82, 2.24) is 10.2 Å². The van der Waals surface area contributed by atoms with Crippen LogP contribution in [0.25, 0.3) is 0 Å². The van der Waals surface area contributed by atoms with Crippen LogP contribution in [0.3, 0.4) is 0 Å². The van der Waals surface area contributed by atoms with Crippen molar-refractivity contribution >= 4 is 29.1 Å². The summed E-state index contributed by atoms with van der Waals surface area (Å²) in [6.07, 6.45) is 0.805. The molecular formula is C22H28N4O3. The molecule has 7 nitrogen and oxygen atoms in total. The topological polar surface area (TPSA) is 90.5 Å². The number of carbonyl (C=O) groups excluding carboxylic acids is 3. The van der Waals surface area contributed by atoms with E-state index in [-0.39, 0.29) is 17.7 Å². The molecule has 0 atom stereocenters. The van der Waals surface area contributed by atoms with Crippen molar-refractivity contribution in [2.45, 2.75) is 26.8 Å². The summed E-state index contributed by atoms with van der Waals surface area (Å²) in [5.74, 6) is -0.759. The van der Waals surface area contributed by atoms with Crippen molar-refractivity contribution in [1.29, 1.82) is 0 Å². The van der Waals surface area contributed by atoms with Crippen LogP contribution in [-0.4, -0.2) is 42.8 Å². The number of benzene rings is 2. The van der Waals surface area contributed by atoms with E-state index >= 15 is 0 Å². The van der Waals surface area contributed by atoms with Crippen molar-refractivity contribution in [2.24, 2.45) is 0 Å². The maximum atomic E-state index is 12.5. The van der Waals surface area contributed by atoms with Crippen LogP contribution in [0.1, 0.15) is 36.2 Å². The van der Waals surface area contributed by atoms with E-state index in [1.54, 1.807) is 18.2 Å². The molecule has 0 spiro atoms. The minimum atomic E-state index is -0.255. The molecule has 0 aromatic heterocycles. The number of nitrogens with one attached hydrogen (secondary N) is 3. The number of amides is 3. The van der Waals surface area contributed by atoms with Gasteiger partial charge in [-0.3, -0.25) is 14.4 Å². The molecule has 2 aromatic rings. The van der Waals surface area contributed by atoms with Crippen LogP contribution >= 0.6 is 0 Å². The molecule has 0 unspecified atom stereocenters. The number of rotatable bonds is 9. The molecule has 0 radical (unpaired) electrons. The zero-order chi connectivity index (χ0) is 21.2. The summed E-state index contributed by atoms with van der Waals surface area (Å²) >= 11 is 0. The fraction of sp³-hybridized carbons (Fsp3) is 0.318. The van der Waals surface area contributed by atoms with Gasteiger partial charge in [0.15, 0.2) is 0 Å². The predicted molar refractivity (Wildman–Crippen MR) is 115 cm³/mol. The minimum Gasteiger partial charge on any atom is -0.352 e. The van der Waals surface area contributed by atoms with Gasteiger partial charge in [0.2, 0.25) is 11.8 Å². The first kappa shape index (κ1) is 22.1. The summed E-state index contributed by atoms with van der Waals surface area (Å²) < 4.78 is 0. The Morgan fingerprint density at radius 1 is 0.897 bits per heavy atom. The van der Waals surface area contributed by atoms with Gasteiger partial charge in [-0.15, -0.1) is 0 Å². The average molecular weight is 396 g/mol. The normalized spacial score (nSPS) is 10.5. The summed E-state index contributed by atoms with van der Waals surface area (Å²) in [6.45, 7) is 5.00. The lowest BCUT2D eigenvalue weighted by molar-refractivity contribution is -0.115. The predicted octanol–water partition coefficient (Wildman–Crippen LogP) is 2.86. The standard InChI is InChI=1S/C22H28N4O3/c1-16(27)24-20-12-19(13-21(14-20)25-17(2)28)22(29)23-10-7-11-26(3)15-18-8-5-4-6-9-18/h4-6,8-9,12-14H,7,10-11,15H2,1-3H3,(H,23,29)(H,24,27)(H,25,28). The first-order valence-electron chi connectivity index (χ1n) is 9.54. The molecule has 3 amide bonds. The molecule has 0 aliphatic rings. The Labute approximate surface area is 171 Å². The number of carbonyl (C=O) groups is 3. The van der Waals surface area contributed by atoms with Crippen LogP contribution in [0.2, 0.25) is 0 Å². The molecule has 0 fully saturated rings. The highest BCUT2D eigenvalue weighted by molar-refractivity contribution is 5.99. The van der Waals surface area contributed by atoms with E-state index < -0.39 is 0 Å². The summed E-state index contributed by atoms with van der Waals surface area (Å²) in [5.41, 5.74) is 2.53. The van der Waals surface area contributed by atoms with Crippen LogP contribution in [0.4, 0.5) is 11.4 Å². The molecule has 0 aliphatic carbocycles. The molecule has 0 saturated heterocycles. The third kappa shape index (κ3) is 8.15. The first-order chi connectivity index (χ1) is 13.8. The molecule has 0 heterocycles. The molecule has 29 heavy (non-hydrogen) atoms. The van der Waals surface area contributed by atoms with E-state index in [9.17, 15) is 14.4 Å². The second kappa shape index (κ2) is 11.0. The lowest BCUT2D eigenvalue weighted by atomic mass is 10.1. The molecule has 0 aliphatic heterocycles. The van der Waals surface area contributed by atoms with E-state index in [0.29, 0.717) is 23.5 Å². The molecule has 0 bridgehead atoms. The van der Waals surface area contributed by atoms with Crippen LogP contribution in [0.5, 0.6) is 0 Å². The zero-order valence-electron chi connectivity index (χ0n) is 17.1. The van der Waals surface area contributed by atoms with E-state index in [2.05, 4.69) is 33.0 Å². The summed E-state index contributed by atoms with van der Waals surface area (Å²) in [4.78, 5) is 37.4. The molecule has 2 aromatic carbocycles. The van der Waals surface area contributed by atoms with E-state index in [1.165, 1.54) is 19.4 Å². The highest BCUT2D eigenvalue weighted by Gasteiger charge is 2.10. The van der Waals surface area contributed by atoms with Crippen LogP contribution in [-0.2, 0) is 16.1 Å². The van der Waals surface area contributed by atoms with Crippen LogP contribution in [0, 0.1) is 0 Å². The first-order valence-corrected chi connectivity index (χ1v) is 9.54. The molecule has 154 valence electrons. The molecular weight excluding hydrogens is 368 g/mol. The maximum absolute atomic E-state index is 12.5. The Balaban J connectivity index is 1.88. The van der Waals surface area contributed by atoms with Gasteiger partial charge in [-0.2, -0.15) is 0 Å². The van der Waals surface area contributed by atoms with Crippen LogP contribution < -0.4 is 16.0 Å². The quantitative estimate of drug-likeness (QED) is 0.569. The summed E-state index contributed by atoms with van der Waals surface area (Å²) in [5, 5.41) is 8.17. The Morgan fingerprint density at radius 3 is 2.03 bits per heavy atom. The number of nitrogens with zero attached hydrogens (tertiary/aromatic N) is 1.